The Morgan fingerprint density at radius 3 is 2.86 bits per heavy atom. The van der Waals surface area contributed by atoms with Gasteiger partial charge in [-0.2, -0.15) is 15.1 Å². The lowest BCUT2D eigenvalue weighted by molar-refractivity contribution is -0.133. The molecule has 2 saturated heterocycles. The van der Waals surface area contributed by atoms with E-state index in [-0.39, 0.29) is 29.0 Å². The van der Waals surface area contributed by atoms with Crippen LogP contribution < -0.4 is 5.73 Å². The molecule has 5 atom stereocenters. The van der Waals surface area contributed by atoms with Crippen LogP contribution in [0.5, 0.6) is 0 Å². The molecule has 4 heterocycles. The molecular weight excluding hydrogens is 382 g/mol. The third-order valence-corrected chi connectivity index (χ3v) is 5.07. The number of fused-ring (bicyclic) bond motifs is 1. The second kappa shape index (κ2) is 8.06. The number of azo groups is 1. The van der Waals surface area contributed by atoms with Crippen LogP contribution in [-0.2, 0) is 14.3 Å². The molecule has 0 saturated carbocycles. The molecule has 2 aromatic rings. The molecule has 4 N–H and O–H groups in total. The molecule has 2 aliphatic heterocycles. The van der Waals surface area contributed by atoms with Gasteiger partial charge in [-0.05, 0) is 26.2 Å². The number of ether oxygens (including phenoxy) is 2. The first-order valence-corrected chi connectivity index (χ1v) is 9.47. The van der Waals surface area contributed by atoms with Crippen LogP contribution in [0.1, 0.15) is 32.4 Å². The Bertz CT molecular complexity index is 926. The minimum Gasteiger partial charge on any atom is -0.387 e. The molecule has 1 unspecified atom stereocenters. The fraction of sp³-hybridized carbons (Fsp3) is 0.647. The lowest BCUT2D eigenvalue weighted by Crippen LogP contribution is -2.34. The van der Waals surface area contributed by atoms with Crippen LogP contribution in [-0.4, -0.2) is 73.1 Å². The van der Waals surface area contributed by atoms with Gasteiger partial charge in [-0.15, -0.1) is 5.11 Å². The summed E-state index contributed by atoms with van der Waals surface area (Å²) in [6.45, 7) is 2.41. The molecule has 0 amide bonds. The minimum absolute atomic E-state index is 0.0312. The molecular formula is C17H23N7O5. The van der Waals surface area contributed by atoms with Gasteiger partial charge in [-0.1, -0.05) is 0 Å². The average molecular weight is 405 g/mol. The number of carbonyl (C=O) groups excluding carboxylic acids is 1. The van der Waals surface area contributed by atoms with Crippen molar-refractivity contribution in [3.8, 4) is 0 Å². The van der Waals surface area contributed by atoms with Crippen LogP contribution in [0.15, 0.2) is 16.6 Å². The number of hydrogen-bond acceptors (Lipinski definition) is 11. The number of hydrogen-bond donors (Lipinski definition) is 3. The first-order chi connectivity index (χ1) is 14.0. The number of ketones is 1. The Balaban J connectivity index is 1.59. The van der Waals surface area contributed by atoms with Crippen molar-refractivity contribution >= 4 is 28.7 Å². The number of carbonyl (C=O) groups is 1. The van der Waals surface area contributed by atoms with E-state index < -0.39 is 30.3 Å². The summed E-state index contributed by atoms with van der Waals surface area (Å²) in [5, 5.41) is 28.6. The van der Waals surface area contributed by atoms with E-state index in [1.165, 1.54) is 17.8 Å². The van der Waals surface area contributed by atoms with E-state index >= 15 is 0 Å². The number of anilines is 1. The monoisotopic (exact) mass is 405 g/mol. The van der Waals surface area contributed by atoms with Crippen molar-refractivity contribution in [2.45, 2.75) is 56.8 Å². The van der Waals surface area contributed by atoms with Gasteiger partial charge >= 0.3 is 0 Å². The molecule has 29 heavy (non-hydrogen) atoms. The van der Waals surface area contributed by atoms with E-state index in [1.54, 1.807) is 0 Å². The highest BCUT2D eigenvalue weighted by Gasteiger charge is 2.46. The largest absolute Gasteiger partial charge is 0.387 e. The summed E-state index contributed by atoms with van der Waals surface area (Å²) >= 11 is 0. The van der Waals surface area contributed by atoms with E-state index in [0.29, 0.717) is 6.54 Å². The number of aromatic nitrogens is 4. The number of nitrogens with two attached hydrogens (primary N) is 1. The third-order valence-electron chi connectivity index (χ3n) is 5.07. The molecule has 0 bridgehead atoms. The van der Waals surface area contributed by atoms with E-state index in [0.717, 1.165) is 25.9 Å². The summed E-state index contributed by atoms with van der Waals surface area (Å²) in [6, 6.07) is 0. The zero-order chi connectivity index (χ0) is 20.5. The first kappa shape index (κ1) is 19.8. The molecule has 12 heteroatoms. The predicted molar refractivity (Wildman–Crippen MR) is 99.3 cm³/mol. The SMILES string of the molecule is CC(=O)[C@H]1O[C@@H](n2cnc3c(N)nc(N=NCC4CCCCO4)nc32)[C@H](O)[C@@H]1O. The molecule has 0 aliphatic carbocycles. The van der Waals surface area contributed by atoms with Gasteiger partial charge in [-0.25, -0.2) is 4.98 Å². The number of aliphatic hydroxyl groups is 2. The summed E-state index contributed by atoms with van der Waals surface area (Å²) in [7, 11) is 0. The normalized spacial score (nSPS) is 30.4. The van der Waals surface area contributed by atoms with Crippen molar-refractivity contribution in [2.24, 2.45) is 10.2 Å². The van der Waals surface area contributed by atoms with Gasteiger partial charge in [0, 0.05) is 6.61 Å². The van der Waals surface area contributed by atoms with E-state index in [2.05, 4.69) is 25.2 Å². The van der Waals surface area contributed by atoms with Crippen molar-refractivity contribution in [3.05, 3.63) is 6.33 Å². The second-order valence-corrected chi connectivity index (χ2v) is 7.18. The molecule has 4 rings (SSSR count). The van der Waals surface area contributed by atoms with Gasteiger partial charge in [0.2, 0.25) is 0 Å². The Kier molecular flexibility index (Phi) is 5.50. The first-order valence-electron chi connectivity index (χ1n) is 9.47. The molecule has 0 spiro atoms. The highest BCUT2D eigenvalue weighted by atomic mass is 16.6. The maximum atomic E-state index is 11.6. The van der Waals surface area contributed by atoms with Crippen LogP contribution in [0.25, 0.3) is 11.2 Å². The number of imidazole rings is 1. The molecule has 2 fully saturated rings. The molecule has 0 aromatic carbocycles. The zero-order valence-corrected chi connectivity index (χ0v) is 15.9. The second-order valence-electron chi connectivity index (χ2n) is 7.18. The van der Waals surface area contributed by atoms with Gasteiger partial charge in [0.05, 0.1) is 19.0 Å². The van der Waals surface area contributed by atoms with Crippen molar-refractivity contribution in [1.82, 2.24) is 19.5 Å². The number of nitrogen functional groups attached to an aromatic ring is 1. The number of Topliss-reactive ketones (excluding diaryl/α,β-unsaturated/α-hetero) is 1. The number of rotatable bonds is 5. The smallest absolute Gasteiger partial charge is 0.272 e. The van der Waals surface area contributed by atoms with Gasteiger partial charge < -0.3 is 25.4 Å². The lowest BCUT2D eigenvalue weighted by atomic mass is 10.1. The Hall–Kier alpha value is -2.54. The topological polar surface area (TPSA) is 170 Å². The summed E-state index contributed by atoms with van der Waals surface area (Å²) in [5.74, 6) is -0.270. The zero-order valence-electron chi connectivity index (χ0n) is 15.9. The fourth-order valence-corrected chi connectivity index (χ4v) is 3.53. The van der Waals surface area contributed by atoms with E-state index in [9.17, 15) is 15.0 Å². The van der Waals surface area contributed by atoms with E-state index in [1.807, 2.05) is 0 Å². The Labute approximate surface area is 165 Å². The maximum Gasteiger partial charge on any atom is 0.272 e. The van der Waals surface area contributed by atoms with Gasteiger partial charge in [0.25, 0.3) is 5.95 Å². The predicted octanol–water partition coefficient (Wildman–Crippen LogP) is 0.269. The lowest BCUT2D eigenvalue weighted by Gasteiger charge is -2.19. The standard InChI is InChI=1S/C17H23N7O5/c1-8(25)13-11(26)12(27)16(29-13)24-7-19-10-14(18)21-17(22-15(10)24)23-20-6-9-4-2-3-5-28-9/h7,9,11-13,16,26-27H,2-6H2,1H3,(H2,18,21,22)/t9?,11-,12+,13+,16+/m0/s1. The maximum absolute atomic E-state index is 11.6. The quantitative estimate of drug-likeness (QED) is 0.591. The average Bonchev–Trinajstić information content (AvgIpc) is 3.25. The van der Waals surface area contributed by atoms with E-state index in [4.69, 9.17) is 15.2 Å². The highest BCUT2D eigenvalue weighted by molar-refractivity contribution is 5.83. The summed E-state index contributed by atoms with van der Waals surface area (Å²) < 4.78 is 12.5. The van der Waals surface area contributed by atoms with Crippen LogP contribution in [0.4, 0.5) is 11.8 Å². The van der Waals surface area contributed by atoms with Gasteiger partial charge in [0.15, 0.2) is 23.5 Å². The molecule has 12 nitrogen and oxygen atoms in total. The van der Waals surface area contributed by atoms with Crippen molar-refractivity contribution in [1.29, 1.82) is 0 Å². The Morgan fingerprint density at radius 1 is 1.34 bits per heavy atom. The minimum atomic E-state index is -1.36. The highest BCUT2D eigenvalue weighted by Crippen LogP contribution is 2.33. The van der Waals surface area contributed by atoms with Crippen LogP contribution >= 0.6 is 0 Å². The molecule has 2 aliphatic rings. The summed E-state index contributed by atoms with van der Waals surface area (Å²) in [6.07, 6.45) is -0.408. The summed E-state index contributed by atoms with van der Waals surface area (Å²) in [5.41, 5.74) is 6.50. The Morgan fingerprint density at radius 2 is 2.17 bits per heavy atom. The summed E-state index contributed by atoms with van der Waals surface area (Å²) in [4.78, 5) is 24.2. The molecule has 2 aromatic heterocycles. The van der Waals surface area contributed by atoms with Crippen LogP contribution in [0, 0.1) is 0 Å². The van der Waals surface area contributed by atoms with Crippen molar-refractivity contribution < 1.29 is 24.5 Å². The number of aliphatic hydroxyl groups excluding tert-OH is 2. The number of nitrogens with zero attached hydrogens (tertiary/aromatic N) is 6. The van der Waals surface area contributed by atoms with Gasteiger partial charge in [0.1, 0.15) is 23.8 Å². The van der Waals surface area contributed by atoms with Crippen LogP contribution in [0.2, 0.25) is 0 Å². The molecule has 0 radical (unpaired) electrons. The fourth-order valence-electron chi connectivity index (χ4n) is 3.53. The van der Waals surface area contributed by atoms with Crippen molar-refractivity contribution in [3.63, 3.8) is 0 Å². The third kappa shape index (κ3) is 3.83. The molecule has 156 valence electrons. The van der Waals surface area contributed by atoms with Gasteiger partial charge in [-0.3, -0.25) is 9.36 Å². The van der Waals surface area contributed by atoms with Crippen molar-refractivity contribution in [2.75, 3.05) is 18.9 Å². The van der Waals surface area contributed by atoms with Crippen LogP contribution in [0.3, 0.4) is 0 Å².